The van der Waals surface area contributed by atoms with Gasteiger partial charge in [-0.3, -0.25) is 14.4 Å². The van der Waals surface area contributed by atoms with E-state index in [0.717, 1.165) is 0 Å². The third-order valence-corrected chi connectivity index (χ3v) is 2.91. The Labute approximate surface area is 100 Å². The number of likely N-dealkylation sites (N-methyl/N-ethyl adjacent to an activating group) is 1. The Morgan fingerprint density at radius 3 is 2.59 bits per heavy atom. The summed E-state index contributed by atoms with van der Waals surface area (Å²) < 4.78 is 0. The molecule has 0 aliphatic carbocycles. The Kier molecular flexibility index (Phi) is 4.48. The fourth-order valence-electron chi connectivity index (χ4n) is 2.00. The van der Waals surface area contributed by atoms with Gasteiger partial charge in [-0.05, 0) is 12.8 Å². The Morgan fingerprint density at radius 1 is 1.53 bits per heavy atom. The number of aliphatic carboxylic acids is 1. The predicted molar refractivity (Wildman–Crippen MR) is 60.3 cm³/mol. The second kappa shape index (κ2) is 5.65. The minimum Gasteiger partial charge on any atom is -0.480 e. The Hall–Kier alpha value is -1.59. The summed E-state index contributed by atoms with van der Waals surface area (Å²) in [6, 6.07) is -0.492. The molecular weight excluding hydrogens is 224 g/mol. The Bertz CT molecular complexity index is 329. The van der Waals surface area contributed by atoms with Crippen molar-refractivity contribution < 1.29 is 19.5 Å². The van der Waals surface area contributed by atoms with E-state index >= 15 is 0 Å². The van der Waals surface area contributed by atoms with Gasteiger partial charge in [0.1, 0.15) is 12.6 Å². The average molecular weight is 242 g/mol. The first-order valence-corrected chi connectivity index (χ1v) is 5.73. The van der Waals surface area contributed by atoms with Gasteiger partial charge in [-0.1, -0.05) is 6.92 Å². The molecule has 1 N–H and O–H groups in total. The van der Waals surface area contributed by atoms with Gasteiger partial charge in [-0.15, -0.1) is 0 Å². The second-order valence-corrected chi connectivity index (χ2v) is 4.21. The molecule has 6 heteroatoms. The van der Waals surface area contributed by atoms with Crippen LogP contribution in [0.1, 0.15) is 26.2 Å². The number of likely N-dealkylation sites (tertiary alicyclic amines) is 1. The van der Waals surface area contributed by atoms with Gasteiger partial charge in [0.05, 0.1) is 0 Å². The van der Waals surface area contributed by atoms with Crippen LogP contribution in [0.3, 0.4) is 0 Å². The van der Waals surface area contributed by atoms with Crippen LogP contribution < -0.4 is 0 Å². The molecule has 0 bridgehead atoms. The molecule has 0 spiro atoms. The van der Waals surface area contributed by atoms with Crippen LogP contribution in [0.25, 0.3) is 0 Å². The largest absolute Gasteiger partial charge is 0.480 e. The summed E-state index contributed by atoms with van der Waals surface area (Å²) in [5.74, 6) is -1.35. The van der Waals surface area contributed by atoms with Crippen LogP contribution in [-0.4, -0.2) is 58.9 Å². The molecule has 1 aliphatic rings. The first-order chi connectivity index (χ1) is 7.97. The summed E-state index contributed by atoms with van der Waals surface area (Å²) in [5.41, 5.74) is 0. The van der Waals surface area contributed by atoms with Crippen molar-refractivity contribution in [3.05, 3.63) is 0 Å². The summed E-state index contributed by atoms with van der Waals surface area (Å²) in [7, 11) is 1.59. The fraction of sp³-hybridized carbons (Fsp3) is 0.727. The number of carboxylic acid groups (broad SMARTS) is 1. The Balaban J connectivity index is 2.70. The molecule has 1 saturated heterocycles. The lowest BCUT2D eigenvalue weighted by Crippen LogP contribution is -2.47. The number of nitrogens with zero attached hydrogens (tertiary/aromatic N) is 2. The van der Waals surface area contributed by atoms with Crippen LogP contribution >= 0.6 is 0 Å². The van der Waals surface area contributed by atoms with Crippen molar-refractivity contribution in [1.82, 2.24) is 9.80 Å². The molecule has 1 aliphatic heterocycles. The monoisotopic (exact) mass is 242 g/mol. The van der Waals surface area contributed by atoms with Crippen LogP contribution in [0.15, 0.2) is 0 Å². The minimum absolute atomic E-state index is 0.0601. The van der Waals surface area contributed by atoms with Gasteiger partial charge in [-0.2, -0.15) is 0 Å². The van der Waals surface area contributed by atoms with E-state index in [1.54, 1.807) is 7.05 Å². The molecule has 0 aromatic heterocycles. The summed E-state index contributed by atoms with van der Waals surface area (Å²) in [6.07, 6.45) is 1.54. The number of carbonyl (C=O) groups is 3. The molecule has 2 amide bonds. The third kappa shape index (κ3) is 3.18. The first kappa shape index (κ1) is 13.5. The number of carbonyl (C=O) groups excluding carboxylic acids is 2. The highest BCUT2D eigenvalue weighted by atomic mass is 16.4. The summed E-state index contributed by atoms with van der Waals surface area (Å²) >= 11 is 0. The average Bonchev–Trinajstić information content (AvgIpc) is 2.58. The molecule has 0 aromatic carbocycles. The topological polar surface area (TPSA) is 77.9 Å². The van der Waals surface area contributed by atoms with Crippen LogP contribution in [0.4, 0.5) is 0 Å². The van der Waals surface area contributed by atoms with Crippen molar-refractivity contribution in [2.24, 2.45) is 0 Å². The minimum atomic E-state index is -1.03. The zero-order valence-electron chi connectivity index (χ0n) is 10.2. The molecule has 96 valence electrons. The SMILES string of the molecule is CCCN(CC(=O)O)C(=O)C1CCC(=O)N1C. The first-order valence-electron chi connectivity index (χ1n) is 5.73. The van der Waals surface area contributed by atoms with E-state index in [4.69, 9.17) is 5.11 Å². The van der Waals surface area contributed by atoms with E-state index in [1.165, 1.54) is 9.80 Å². The number of carboxylic acids is 1. The Morgan fingerprint density at radius 2 is 2.18 bits per heavy atom. The molecule has 0 saturated carbocycles. The maximum Gasteiger partial charge on any atom is 0.323 e. The molecule has 1 atom stereocenters. The molecule has 1 rings (SSSR count). The summed E-state index contributed by atoms with van der Waals surface area (Å²) in [5, 5.41) is 8.75. The van der Waals surface area contributed by atoms with E-state index in [2.05, 4.69) is 0 Å². The zero-order chi connectivity index (χ0) is 13.0. The van der Waals surface area contributed by atoms with Gasteiger partial charge >= 0.3 is 5.97 Å². The summed E-state index contributed by atoms with van der Waals surface area (Å²) in [4.78, 5) is 36.8. The quantitative estimate of drug-likeness (QED) is 0.732. The molecule has 6 nitrogen and oxygen atoms in total. The number of hydrogen-bond acceptors (Lipinski definition) is 3. The molecular formula is C11H18N2O4. The van der Waals surface area contributed by atoms with Crippen LogP contribution in [0.5, 0.6) is 0 Å². The number of hydrogen-bond donors (Lipinski definition) is 1. The van der Waals surface area contributed by atoms with Crippen LogP contribution in [0, 0.1) is 0 Å². The highest BCUT2D eigenvalue weighted by molar-refractivity contribution is 5.92. The molecule has 1 fully saturated rings. The van der Waals surface area contributed by atoms with E-state index < -0.39 is 12.0 Å². The maximum atomic E-state index is 12.1. The number of rotatable bonds is 5. The maximum absolute atomic E-state index is 12.1. The predicted octanol–water partition coefficient (Wildman–Crippen LogP) is -0.0696. The van der Waals surface area contributed by atoms with Crippen molar-refractivity contribution in [1.29, 1.82) is 0 Å². The van der Waals surface area contributed by atoms with Gasteiger partial charge in [-0.25, -0.2) is 0 Å². The van der Waals surface area contributed by atoms with E-state index in [9.17, 15) is 14.4 Å². The highest BCUT2D eigenvalue weighted by Gasteiger charge is 2.35. The molecule has 0 radical (unpaired) electrons. The lowest BCUT2D eigenvalue weighted by atomic mass is 10.2. The summed E-state index contributed by atoms with van der Waals surface area (Å²) in [6.45, 7) is 1.99. The zero-order valence-corrected chi connectivity index (χ0v) is 10.2. The molecule has 0 aromatic rings. The van der Waals surface area contributed by atoms with Gasteiger partial charge < -0.3 is 14.9 Å². The third-order valence-electron chi connectivity index (χ3n) is 2.91. The van der Waals surface area contributed by atoms with Crippen molar-refractivity contribution in [3.63, 3.8) is 0 Å². The van der Waals surface area contributed by atoms with Gasteiger partial charge in [0.2, 0.25) is 11.8 Å². The van der Waals surface area contributed by atoms with Crippen molar-refractivity contribution >= 4 is 17.8 Å². The van der Waals surface area contributed by atoms with Gasteiger partial charge in [0, 0.05) is 20.0 Å². The number of amides is 2. The standard InChI is InChI=1S/C11H18N2O4/c1-3-6-13(7-10(15)16)11(17)8-4-5-9(14)12(8)2/h8H,3-7H2,1-2H3,(H,15,16). The van der Waals surface area contributed by atoms with E-state index in [0.29, 0.717) is 25.8 Å². The molecule has 1 heterocycles. The second-order valence-electron chi connectivity index (χ2n) is 4.21. The van der Waals surface area contributed by atoms with Crippen molar-refractivity contribution in [2.45, 2.75) is 32.2 Å². The van der Waals surface area contributed by atoms with Crippen molar-refractivity contribution in [2.75, 3.05) is 20.1 Å². The lowest BCUT2D eigenvalue weighted by molar-refractivity contribution is -0.147. The van der Waals surface area contributed by atoms with Gasteiger partial charge in [0.15, 0.2) is 0 Å². The lowest BCUT2D eigenvalue weighted by Gasteiger charge is -2.27. The smallest absolute Gasteiger partial charge is 0.323 e. The van der Waals surface area contributed by atoms with Crippen molar-refractivity contribution in [3.8, 4) is 0 Å². The molecule has 1 unspecified atom stereocenters. The normalized spacial score (nSPS) is 19.5. The van der Waals surface area contributed by atoms with E-state index in [1.807, 2.05) is 6.92 Å². The van der Waals surface area contributed by atoms with Gasteiger partial charge in [0.25, 0.3) is 0 Å². The highest BCUT2D eigenvalue weighted by Crippen LogP contribution is 2.18. The van der Waals surface area contributed by atoms with E-state index in [-0.39, 0.29) is 18.4 Å². The molecule has 17 heavy (non-hydrogen) atoms. The van der Waals surface area contributed by atoms with Crippen LogP contribution in [-0.2, 0) is 14.4 Å². The van der Waals surface area contributed by atoms with Crippen LogP contribution in [0.2, 0.25) is 0 Å². The fourth-order valence-corrected chi connectivity index (χ4v) is 2.00.